The molecule has 0 fully saturated rings. The first-order valence-electron chi connectivity index (χ1n) is 3.80. The van der Waals surface area contributed by atoms with Gasteiger partial charge in [-0.05, 0) is 19.8 Å². The summed E-state index contributed by atoms with van der Waals surface area (Å²) in [7, 11) is -3.49. The molecule has 0 aromatic carbocycles. The Morgan fingerprint density at radius 2 is 1.77 bits per heavy atom. The number of hydrogen-bond donors (Lipinski definition) is 2. The molecule has 0 heterocycles. The lowest BCUT2D eigenvalue weighted by atomic mass is 10.1. The van der Waals surface area contributed by atoms with Crippen LogP contribution in [0.2, 0.25) is 0 Å². The molecule has 0 aliphatic carbocycles. The minimum atomic E-state index is -3.49. The van der Waals surface area contributed by atoms with Gasteiger partial charge in [-0.2, -0.15) is 0 Å². The van der Waals surface area contributed by atoms with E-state index in [4.69, 9.17) is 10.2 Å². The second kappa shape index (κ2) is 4.69. The molecule has 6 heteroatoms. The quantitative estimate of drug-likeness (QED) is 0.612. The van der Waals surface area contributed by atoms with Crippen molar-refractivity contribution in [3.63, 3.8) is 0 Å². The average Bonchev–Trinajstić information content (AvgIpc) is 1.97. The summed E-state index contributed by atoms with van der Waals surface area (Å²) in [6.45, 7) is 1.21. The number of aliphatic hydroxyl groups excluding tert-OH is 2. The standard InChI is InChI=1S/C7H14O5S/c1-5(8)6(9)3-4-7(10)13(2,11)12/h6-7,9-10H,3-4H2,1-2H3. The molecule has 2 atom stereocenters. The molecule has 0 aliphatic heterocycles. The van der Waals surface area contributed by atoms with Gasteiger partial charge in [0, 0.05) is 6.26 Å². The number of aliphatic hydroxyl groups is 2. The van der Waals surface area contributed by atoms with Crippen LogP contribution in [0, 0.1) is 0 Å². The van der Waals surface area contributed by atoms with Crippen LogP contribution < -0.4 is 0 Å². The van der Waals surface area contributed by atoms with E-state index in [0.29, 0.717) is 0 Å². The first-order chi connectivity index (χ1) is 5.75. The van der Waals surface area contributed by atoms with Crippen molar-refractivity contribution in [2.24, 2.45) is 0 Å². The van der Waals surface area contributed by atoms with Gasteiger partial charge in [0.05, 0.1) is 0 Å². The summed E-state index contributed by atoms with van der Waals surface area (Å²) >= 11 is 0. The molecule has 0 aliphatic rings. The molecule has 5 nitrogen and oxygen atoms in total. The van der Waals surface area contributed by atoms with E-state index in [9.17, 15) is 13.2 Å². The fourth-order valence-corrected chi connectivity index (χ4v) is 1.28. The molecule has 2 unspecified atom stereocenters. The first kappa shape index (κ1) is 12.5. The van der Waals surface area contributed by atoms with Gasteiger partial charge in [0.15, 0.2) is 21.1 Å². The van der Waals surface area contributed by atoms with Crippen LogP contribution in [0.25, 0.3) is 0 Å². The third-order valence-corrected chi connectivity index (χ3v) is 2.87. The second-order valence-electron chi connectivity index (χ2n) is 2.99. The number of carbonyl (C=O) groups excluding carboxylic acids is 1. The molecule has 0 bridgehead atoms. The van der Waals surface area contributed by atoms with Crippen molar-refractivity contribution in [3.8, 4) is 0 Å². The van der Waals surface area contributed by atoms with Crippen LogP contribution >= 0.6 is 0 Å². The van der Waals surface area contributed by atoms with E-state index < -0.39 is 27.2 Å². The van der Waals surface area contributed by atoms with Crippen molar-refractivity contribution < 1.29 is 23.4 Å². The van der Waals surface area contributed by atoms with Crippen molar-refractivity contribution in [2.75, 3.05) is 6.26 Å². The molecular formula is C7H14O5S. The predicted molar refractivity (Wildman–Crippen MR) is 46.8 cm³/mol. The highest BCUT2D eigenvalue weighted by atomic mass is 32.2. The smallest absolute Gasteiger partial charge is 0.173 e. The zero-order valence-electron chi connectivity index (χ0n) is 7.60. The predicted octanol–water partition coefficient (Wildman–Crippen LogP) is -0.920. The first-order valence-corrected chi connectivity index (χ1v) is 5.76. The molecule has 0 spiro atoms. The summed E-state index contributed by atoms with van der Waals surface area (Å²) in [5, 5.41) is 18.0. The molecule has 78 valence electrons. The van der Waals surface area contributed by atoms with E-state index in [2.05, 4.69) is 0 Å². The number of rotatable bonds is 5. The highest BCUT2D eigenvalue weighted by molar-refractivity contribution is 7.91. The van der Waals surface area contributed by atoms with Gasteiger partial charge >= 0.3 is 0 Å². The number of carbonyl (C=O) groups is 1. The largest absolute Gasteiger partial charge is 0.385 e. The lowest BCUT2D eigenvalue weighted by molar-refractivity contribution is -0.125. The number of hydrogen-bond acceptors (Lipinski definition) is 5. The lowest BCUT2D eigenvalue weighted by Gasteiger charge is -2.10. The van der Waals surface area contributed by atoms with Gasteiger partial charge in [-0.1, -0.05) is 0 Å². The van der Waals surface area contributed by atoms with E-state index in [1.165, 1.54) is 6.92 Å². The lowest BCUT2D eigenvalue weighted by Crippen LogP contribution is -2.24. The Hall–Kier alpha value is -0.460. The van der Waals surface area contributed by atoms with E-state index >= 15 is 0 Å². The molecule has 0 aromatic rings. The Balaban J connectivity index is 3.98. The SMILES string of the molecule is CC(=O)C(O)CCC(O)S(C)(=O)=O. The molecule has 2 N–H and O–H groups in total. The molecule has 0 saturated carbocycles. The monoisotopic (exact) mass is 210 g/mol. The molecule has 0 amide bonds. The second-order valence-corrected chi connectivity index (χ2v) is 5.19. The van der Waals surface area contributed by atoms with Gasteiger partial charge in [0.2, 0.25) is 0 Å². The fraction of sp³-hybridized carbons (Fsp3) is 0.857. The Morgan fingerprint density at radius 1 is 1.31 bits per heavy atom. The number of Topliss-reactive ketones (excluding diaryl/α,β-unsaturated/α-hetero) is 1. The van der Waals surface area contributed by atoms with Crippen LogP contribution in [0.5, 0.6) is 0 Å². The summed E-state index contributed by atoms with van der Waals surface area (Å²) in [6.07, 6.45) is -0.447. The summed E-state index contributed by atoms with van der Waals surface area (Å²) in [5.74, 6) is -0.430. The van der Waals surface area contributed by atoms with Gasteiger partial charge in [0.25, 0.3) is 0 Å². The molecule has 13 heavy (non-hydrogen) atoms. The van der Waals surface area contributed by atoms with Crippen molar-refractivity contribution in [2.45, 2.75) is 31.3 Å². The Bertz CT molecular complexity index is 269. The fourth-order valence-electron chi connectivity index (χ4n) is 0.718. The van der Waals surface area contributed by atoms with Crippen LogP contribution in [0.4, 0.5) is 0 Å². The van der Waals surface area contributed by atoms with Crippen LogP contribution in [0.1, 0.15) is 19.8 Å². The summed E-state index contributed by atoms with van der Waals surface area (Å²) in [5.41, 5.74) is -1.50. The van der Waals surface area contributed by atoms with Crippen LogP contribution in [0.15, 0.2) is 0 Å². The number of ketones is 1. The summed E-state index contributed by atoms with van der Waals surface area (Å²) in [6, 6.07) is 0. The van der Waals surface area contributed by atoms with Gasteiger partial charge in [-0.15, -0.1) is 0 Å². The van der Waals surface area contributed by atoms with Crippen molar-refractivity contribution in [3.05, 3.63) is 0 Å². The molecule has 0 radical (unpaired) electrons. The molecule has 0 saturated heterocycles. The maximum absolute atomic E-state index is 10.7. The van der Waals surface area contributed by atoms with Crippen molar-refractivity contribution in [1.82, 2.24) is 0 Å². The third kappa shape index (κ3) is 4.97. The van der Waals surface area contributed by atoms with Gasteiger partial charge in [0.1, 0.15) is 6.10 Å². The zero-order valence-corrected chi connectivity index (χ0v) is 8.41. The van der Waals surface area contributed by atoms with E-state index in [1.54, 1.807) is 0 Å². The zero-order chi connectivity index (χ0) is 10.6. The molecule has 0 aromatic heterocycles. The van der Waals surface area contributed by atoms with Crippen LogP contribution in [0.3, 0.4) is 0 Å². The van der Waals surface area contributed by atoms with Crippen LogP contribution in [-0.2, 0) is 14.6 Å². The number of sulfone groups is 1. The molecule has 0 rings (SSSR count). The van der Waals surface area contributed by atoms with Gasteiger partial charge < -0.3 is 10.2 Å². The van der Waals surface area contributed by atoms with Gasteiger partial charge in [-0.3, -0.25) is 4.79 Å². The minimum absolute atomic E-state index is 0.0381. The van der Waals surface area contributed by atoms with E-state index in [1.807, 2.05) is 0 Å². The minimum Gasteiger partial charge on any atom is -0.385 e. The summed E-state index contributed by atoms with van der Waals surface area (Å²) < 4.78 is 21.4. The molecular weight excluding hydrogens is 196 g/mol. The summed E-state index contributed by atoms with van der Waals surface area (Å²) in [4.78, 5) is 10.5. The Kier molecular flexibility index (Phi) is 4.52. The highest BCUT2D eigenvalue weighted by Gasteiger charge is 2.19. The van der Waals surface area contributed by atoms with Gasteiger partial charge in [-0.25, -0.2) is 8.42 Å². The van der Waals surface area contributed by atoms with Crippen molar-refractivity contribution >= 4 is 15.6 Å². The topological polar surface area (TPSA) is 91.7 Å². The van der Waals surface area contributed by atoms with E-state index in [0.717, 1.165) is 6.26 Å². The maximum atomic E-state index is 10.7. The highest BCUT2D eigenvalue weighted by Crippen LogP contribution is 2.07. The van der Waals surface area contributed by atoms with Crippen LogP contribution in [-0.4, -0.2) is 42.2 Å². The maximum Gasteiger partial charge on any atom is 0.173 e. The average molecular weight is 210 g/mol. The van der Waals surface area contributed by atoms with Crippen molar-refractivity contribution in [1.29, 1.82) is 0 Å². The van der Waals surface area contributed by atoms with E-state index in [-0.39, 0.29) is 12.8 Å². The normalized spacial score (nSPS) is 16.6. The Labute approximate surface area is 77.3 Å². The Morgan fingerprint density at radius 3 is 2.08 bits per heavy atom. The third-order valence-electron chi connectivity index (χ3n) is 1.65.